The van der Waals surface area contributed by atoms with Crippen molar-refractivity contribution in [2.45, 2.75) is 13.3 Å². The summed E-state index contributed by atoms with van der Waals surface area (Å²) in [7, 11) is 0. The molecule has 1 rings (SSSR count). The molecule has 2 heteroatoms. The molecule has 0 heterocycles. The monoisotopic (exact) mass is 153 g/mol. The molecule has 0 aliphatic carbocycles. The number of hydrogen-bond donors (Lipinski definition) is 1. The molecule has 2 nitrogen and oxygen atoms in total. The first-order chi connectivity index (χ1) is 5.34. The minimum Gasteiger partial charge on any atom is -0.491 e. The van der Waals surface area contributed by atoms with Crippen molar-refractivity contribution in [2.75, 3.05) is 12.3 Å². The van der Waals surface area contributed by atoms with Crippen molar-refractivity contribution < 1.29 is 6.16 Å². The Bertz CT molecular complexity index is 228. The zero-order chi connectivity index (χ0) is 8.10. The van der Waals surface area contributed by atoms with Crippen LogP contribution in [0.15, 0.2) is 24.3 Å². The van der Waals surface area contributed by atoms with E-state index < -0.39 is 0 Å². The van der Waals surface area contributed by atoms with Crippen LogP contribution in [0.2, 0.25) is 0 Å². The van der Waals surface area contributed by atoms with Crippen LogP contribution in [0.4, 0.5) is 5.69 Å². The first-order valence-electron chi connectivity index (χ1n) is 3.82. The molecular formula is C9H15NO. The van der Waals surface area contributed by atoms with Gasteiger partial charge < -0.3 is 10.5 Å². The molecule has 2 N–H and O–H groups in total. The van der Waals surface area contributed by atoms with Gasteiger partial charge in [0.2, 0.25) is 0 Å². The second-order valence-electron chi connectivity index (χ2n) is 2.39. The molecule has 0 atom stereocenters. The summed E-state index contributed by atoms with van der Waals surface area (Å²) < 4.78 is 5.36. The third-order valence-electron chi connectivity index (χ3n) is 1.38. The van der Waals surface area contributed by atoms with Crippen LogP contribution in [0.3, 0.4) is 0 Å². The molecule has 0 bridgehead atoms. The number of anilines is 1. The molecule has 0 aliphatic rings. The van der Waals surface area contributed by atoms with Gasteiger partial charge >= 0.3 is 0 Å². The Morgan fingerprint density at radius 2 is 2.18 bits per heavy atom. The van der Waals surface area contributed by atoms with Crippen molar-refractivity contribution in [3.63, 3.8) is 0 Å². The highest BCUT2D eigenvalue weighted by Gasteiger charge is 1.95. The summed E-state index contributed by atoms with van der Waals surface area (Å²) in [5.41, 5.74) is 6.35. The second-order valence-corrected chi connectivity index (χ2v) is 2.39. The third-order valence-corrected chi connectivity index (χ3v) is 1.38. The number of hydrogen-bond acceptors (Lipinski definition) is 2. The fourth-order valence-corrected chi connectivity index (χ4v) is 0.824. The Labute approximate surface area is 68.5 Å². The predicted molar refractivity (Wildman–Crippen MR) is 48.8 cm³/mol. The lowest BCUT2D eigenvalue weighted by atomic mass is 10.3. The Morgan fingerprint density at radius 3 is 2.82 bits per heavy atom. The lowest BCUT2D eigenvalue weighted by molar-refractivity contribution is 0.319. The van der Waals surface area contributed by atoms with Gasteiger partial charge in [-0.15, -0.1) is 0 Å². The summed E-state index contributed by atoms with van der Waals surface area (Å²) in [5, 5.41) is 0. The number of benzene rings is 1. The topological polar surface area (TPSA) is 35.2 Å². The minimum absolute atomic E-state index is 0. The van der Waals surface area contributed by atoms with E-state index in [1.54, 1.807) is 0 Å². The molecular weight excluding hydrogens is 138 g/mol. The lowest BCUT2D eigenvalue weighted by Gasteiger charge is -2.05. The maximum Gasteiger partial charge on any atom is 0.142 e. The Hall–Kier alpha value is -1.18. The largest absolute Gasteiger partial charge is 0.491 e. The highest BCUT2D eigenvalue weighted by atomic mass is 16.5. The molecule has 1 aromatic carbocycles. The zero-order valence-electron chi connectivity index (χ0n) is 6.71. The van der Waals surface area contributed by atoms with Gasteiger partial charge in [0.25, 0.3) is 0 Å². The van der Waals surface area contributed by atoms with Gasteiger partial charge in [-0.3, -0.25) is 0 Å². The van der Waals surface area contributed by atoms with Gasteiger partial charge in [-0.05, 0) is 18.6 Å². The van der Waals surface area contributed by atoms with Crippen LogP contribution < -0.4 is 10.5 Å². The van der Waals surface area contributed by atoms with E-state index in [1.165, 1.54) is 0 Å². The van der Waals surface area contributed by atoms with Crippen LogP contribution >= 0.6 is 0 Å². The molecule has 11 heavy (non-hydrogen) atoms. The summed E-state index contributed by atoms with van der Waals surface area (Å²) >= 11 is 0. The molecule has 0 amide bonds. The molecule has 0 aliphatic heterocycles. The summed E-state index contributed by atoms with van der Waals surface area (Å²) in [4.78, 5) is 0. The van der Waals surface area contributed by atoms with Gasteiger partial charge in [-0.1, -0.05) is 19.1 Å². The van der Waals surface area contributed by atoms with Gasteiger partial charge in [0, 0.05) is 1.43 Å². The van der Waals surface area contributed by atoms with Crippen LogP contribution in [0.1, 0.15) is 14.8 Å². The second kappa shape index (κ2) is 3.86. The van der Waals surface area contributed by atoms with Gasteiger partial charge in [-0.2, -0.15) is 0 Å². The smallest absolute Gasteiger partial charge is 0.142 e. The van der Waals surface area contributed by atoms with Crippen molar-refractivity contribution >= 4 is 5.69 Å². The van der Waals surface area contributed by atoms with E-state index in [2.05, 4.69) is 6.92 Å². The lowest BCUT2D eigenvalue weighted by Crippen LogP contribution is -1.98. The highest BCUT2D eigenvalue weighted by molar-refractivity contribution is 5.51. The fraction of sp³-hybridized carbons (Fsp3) is 0.333. The van der Waals surface area contributed by atoms with Crippen LogP contribution in [0, 0.1) is 0 Å². The van der Waals surface area contributed by atoms with Crippen LogP contribution in [-0.4, -0.2) is 6.61 Å². The molecule has 0 fully saturated rings. The highest BCUT2D eigenvalue weighted by Crippen LogP contribution is 2.19. The van der Waals surface area contributed by atoms with Crippen molar-refractivity contribution in [3.8, 4) is 5.75 Å². The Morgan fingerprint density at radius 1 is 1.45 bits per heavy atom. The molecule has 62 valence electrons. The van der Waals surface area contributed by atoms with E-state index in [0.29, 0.717) is 5.69 Å². The molecule has 0 saturated carbocycles. The summed E-state index contributed by atoms with van der Waals surface area (Å²) in [5.74, 6) is 0.786. The van der Waals surface area contributed by atoms with Crippen LogP contribution in [0.25, 0.3) is 0 Å². The average molecular weight is 153 g/mol. The maximum atomic E-state index is 5.64. The number of nitrogen functional groups attached to an aromatic ring is 1. The molecule has 0 spiro atoms. The van der Waals surface area contributed by atoms with Gasteiger partial charge in [0.1, 0.15) is 5.75 Å². The van der Waals surface area contributed by atoms with Gasteiger partial charge in [-0.25, -0.2) is 0 Å². The van der Waals surface area contributed by atoms with E-state index in [0.717, 1.165) is 18.8 Å². The molecule has 0 unspecified atom stereocenters. The van der Waals surface area contributed by atoms with E-state index in [1.807, 2.05) is 24.3 Å². The molecule has 0 radical (unpaired) electrons. The van der Waals surface area contributed by atoms with Crippen molar-refractivity contribution in [2.24, 2.45) is 0 Å². The minimum atomic E-state index is 0. The summed E-state index contributed by atoms with van der Waals surface area (Å²) in [6, 6.07) is 7.53. The van der Waals surface area contributed by atoms with E-state index in [4.69, 9.17) is 10.5 Å². The number of ether oxygens (including phenoxy) is 1. The molecule has 0 saturated heterocycles. The predicted octanol–water partition coefficient (Wildman–Crippen LogP) is 2.30. The average Bonchev–Trinajstić information content (AvgIpc) is 2.03. The Balaban J connectivity index is 0.00000121. The Kier molecular flexibility index (Phi) is 2.78. The quantitative estimate of drug-likeness (QED) is 0.676. The van der Waals surface area contributed by atoms with Crippen LogP contribution in [0.5, 0.6) is 5.75 Å². The SMILES string of the molecule is CCCOc1ccccc1N.[HH]. The molecule has 0 aromatic heterocycles. The van der Waals surface area contributed by atoms with Gasteiger partial charge in [0.05, 0.1) is 12.3 Å². The van der Waals surface area contributed by atoms with Crippen molar-refractivity contribution in [1.82, 2.24) is 0 Å². The standard InChI is InChI=1S/C9H13NO.H2/c1-2-7-11-9-6-4-3-5-8(9)10;/h3-6H,2,7,10H2,1H3;1H. The normalized spacial score (nSPS) is 9.55. The fourth-order valence-electron chi connectivity index (χ4n) is 0.824. The first kappa shape index (κ1) is 7.92. The van der Waals surface area contributed by atoms with E-state index in [9.17, 15) is 0 Å². The molecule has 1 aromatic rings. The van der Waals surface area contributed by atoms with Crippen LogP contribution in [-0.2, 0) is 0 Å². The van der Waals surface area contributed by atoms with Gasteiger partial charge in [0.15, 0.2) is 0 Å². The van der Waals surface area contributed by atoms with E-state index in [-0.39, 0.29) is 1.43 Å². The maximum absolute atomic E-state index is 5.64. The van der Waals surface area contributed by atoms with E-state index >= 15 is 0 Å². The zero-order valence-corrected chi connectivity index (χ0v) is 6.71. The number of nitrogens with two attached hydrogens (primary N) is 1. The first-order valence-corrected chi connectivity index (χ1v) is 3.82. The van der Waals surface area contributed by atoms with Crippen molar-refractivity contribution in [1.29, 1.82) is 0 Å². The third kappa shape index (κ3) is 2.15. The summed E-state index contributed by atoms with van der Waals surface area (Å²) in [6.07, 6.45) is 1.01. The number of rotatable bonds is 3. The van der Waals surface area contributed by atoms with Crippen molar-refractivity contribution in [3.05, 3.63) is 24.3 Å². The summed E-state index contributed by atoms with van der Waals surface area (Å²) in [6.45, 7) is 2.80. The number of para-hydroxylation sites is 2.